The van der Waals surface area contributed by atoms with Gasteiger partial charge < -0.3 is 14.6 Å². The summed E-state index contributed by atoms with van der Waals surface area (Å²) in [5.74, 6) is 0.784. The van der Waals surface area contributed by atoms with Crippen molar-refractivity contribution in [1.82, 2.24) is 14.9 Å². The summed E-state index contributed by atoms with van der Waals surface area (Å²) >= 11 is 0. The second-order valence-electron chi connectivity index (χ2n) is 5.39. The summed E-state index contributed by atoms with van der Waals surface area (Å²) < 4.78 is 5.38. The average Bonchev–Trinajstić information content (AvgIpc) is 2.61. The van der Waals surface area contributed by atoms with Crippen LogP contribution in [-0.2, 0) is 11.3 Å². The lowest BCUT2D eigenvalue weighted by Gasteiger charge is -2.26. The highest BCUT2D eigenvalue weighted by Gasteiger charge is 2.22. The molecule has 1 rings (SSSR count). The van der Waals surface area contributed by atoms with E-state index in [1.165, 1.54) is 0 Å². The summed E-state index contributed by atoms with van der Waals surface area (Å²) in [6, 6.07) is 0. The summed E-state index contributed by atoms with van der Waals surface area (Å²) in [4.78, 5) is 21.1. The number of ether oxygens (including phenoxy) is 1. The number of nitrogens with one attached hydrogen (secondary N) is 1. The van der Waals surface area contributed by atoms with E-state index >= 15 is 0 Å². The highest BCUT2D eigenvalue weighted by Crippen LogP contribution is 2.11. The average molecular weight is 251 g/mol. The first-order valence-corrected chi connectivity index (χ1v) is 6.30. The quantitative estimate of drug-likeness (QED) is 0.806. The van der Waals surface area contributed by atoms with Crippen molar-refractivity contribution in [2.24, 2.45) is 0 Å². The van der Waals surface area contributed by atoms with Gasteiger partial charge in [-0.2, -0.15) is 0 Å². The van der Waals surface area contributed by atoms with Gasteiger partial charge in [0, 0.05) is 18.3 Å². The molecule has 0 aliphatic heterocycles. The van der Waals surface area contributed by atoms with E-state index in [-0.39, 0.29) is 6.09 Å². The first kappa shape index (κ1) is 14.6. The van der Waals surface area contributed by atoms with Crippen LogP contribution in [0.5, 0.6) is 0 Å². The Morgan fingerprint density at radius 2 is 2.22 bits per heavy atom. The lowest BCUT2D eigenvalue weighted by Crippen LogP contribution is -2.37. The molecule has 18 heavy (non-hydrogen) atoms. The van der Waals surface area contributed by atoms with Crippen LogP contribution >= 0.6 is 0 Å². The second kappa shape index (κ2) is 5.93. The van der Waals surface area contributed by atoms with E-state index in [4.69, 9.17) is 4.74 Å². The molecular weight excluding hydrogens is 229 g/mol. The second-order valence-corrected chi connectivity index (χ2v) is 5.39. The Balaban J connectivity index is 2.67. The van der Waals surface area contributed by atoms with Crippen LogP contribution in [0.3, 0.4) is 0 Å². The maximum Gasteiger partial charge on any atom is 0.410 e. The van der Waals surface area contributed by atoms with E-state index < -0.39 is 5.60 Å². The number of carbonyl (C=O) groups is 1. The predicted molar refractivity (Wildman–Crippen MR) is 73.7 cm³/mol. The van der Waals surface area contributed by atoms with Crippen molar-refractivity contribution in [3.05, 3.63) is 12.0 Å². The minimum atomic E-state index is -0.470. The zero-order valence-corrected chi connectivity index (χ0v) is 11.9. The topological polar surface area (TPSA) is 58.2 Å². The lowest BCUT2D eigenvalue weighted by atomic mass is 10.1. The Kier molecular flexibility index (Phi) is 4.81. The summed E-state index contributed by atoms with van der Waals surface area (Å²) in [5.41, 5.74) is 0.452. The van der Waals surface area contributed by atoms with Gasteiger partial charge in [-0.1, -0.05) is 6.92 Å². The van der Waals surface area contributed by atoms with Crippen LogP contribution in [0.4, 0.5) is 4.79 Å². The van der Waals surface area contributed by atoms with Crippen molar-refractivity contribution in [3.63, 3.8) is 0 Å². The number of aromatic amines is 1. The molecule has 1 aromatic heterocycles. The van der Waals surface area contributed by atoms with Gasteiger partial charge in [0.05, 0.1) is 6.54 Å². The van der Waals surface area contributed by atoms with Crippen LogP contribution in [0.25, 0.3) is 0 Å². The minimum absolute atomic E-state index is 0.293. The molecule has 100 valence electrons. The van der Waals surface area contributed by atoms with Gasteiger partial charge in [0.15, 0.2) is 7.85 Å². The van der Waals surface area contributed by atoms with Crippen LogP contribution in [0, 0.1) is 0 Å². The SMILES string of the molecule is Bc1c[nH]c(CN(CCC)C(=O)OC(C)(C)C)n1. The molecule has 1 N–H and O–H groups in total. The smallest absolute Gasteiger partial charge is 0.410 e. The zero-order chi connectivity index (χ0) is 13.8. The van der Waals surface area contributed by atoms with Crippen LogP contribution in [0.15, 0.2) is 6.20 Å². The molecule has 0 bridgehead atoms. The number of amides is 1. The van der Waals surface area contributed by atoms with E-state index in [1.54, 1.807) is 4.90 Å². The minimum Gasteiger partial charge on any atom is -0.444 e. The largest absolute Gasteiger partial charge is 0.444 e. The number of hydrogen-bond acceptors (Lipinski definition) is 3. The summed E-state index contributed by atoms with van der Waals surface area (Å²) in [5, 5.41) is 0. The fraction of sp³-hybridized carbons (Fsp3) is 0.667. The van der Waals surface area contributed by atoms with E-state index in [9.17, 15) is 4.79 Å². The van der Waals surface area contributed by atoms with E-state index in [0.29, 0.717) is 13.1 Å². The maximum atomic E-state index is 12.0. The third-order valence-electron chi connectivity index (χ3n) is 2.24. The molecule has 1 amide bonds. The van der Waals surface area contributed by atoms with E-state index in [1.807, 2.05) is 41.7 Å². The molecule has 0 fully saturated rings. The number of nitrogens with zero attached hydrogens (tertiary/aromatic N) is 2. The zero-order valence-electron chi connectivity index (χ0n) is 11.9. The lowest BCUT2D eigenvalue weighted by molar-refractivity contribution is 0.0229. The molecule has 0 unspecified atom stereocenters. The number of rotatable bonds is 4. The summed E-state index contributed by atoms with van der Waals surface area (Å²) in [6.45, 7) is 8.75. The van der Waals surface area contributed by atoms with Crippen molar-refractivity contribution >= 4 is 19.5 Å². The first-order chi connectivity index (χ1) is 8.31. The third kappa shape index (κ3) is 4.81. The molecule has 1 heterocycles. The molecule has 0 aliphatic rings. The molecule has 0 aromatic carbocycles. The maximum absolute atomic E-state index is 12.0. The molecule has 6 heteroatoms. The monoisotopic (exact) mass is 251 g/mol. The van der Waals surface area contributed by atoms with E-state index in [0.717, 1.165) is 17.8 Å². The molecule has 1 aromatic rings. The van der Waals surface area contributed by atoms with Crippen molar-refractivity contribution in [3.8, 4) is 0 Å². The molecule has 0 saturated carbocycles. The van der Waals surface area contributed by atoms with Gasteiger partial charge in [0.25, 0.3) is 0 Å². The van der Waals surface area contributed by atoms with Crippen LogP contribution < -0.4 is 5.59 Å². The van der Waals surface area contributed by atoms with Crippen molar-refractivity contribution in [2.75, 3.05) is 6.54 Å². The predicted octanol–water partition coefficient (Wildman–Crippen LogP) is 0.815. The number of carbonyl (C=O) groups excluding carboxylic acids is 1. The standard InChI is InChI=1S/C12H22BN3O2/c1-5-6-16(11(17)18-12(2,3)4)8-10-14-7-9(13)15-10/h7H,5-6,8,13H2,1-4H3,(H,14,15). The molecule has 5 nitrogen and oxygen atoms in total. The Labute approximate surface area is 109 Å². The van der Waals surface area contributed by atoms with Crippen LogP contribution in [-0.4, -0.2) is 41.0 Å². The van der Waals surface area contributed by atoms with Crippen molar-refractivity contribution in [2.45, 2.75) is 46.3 Å². The van der Waals surface area contributed by atoms with Gasteiger partial charge in [0.1, 0.15) is 11.4 Å². The van der Waals surface area contributed by atoms with Crippen LogP contribution in [0.2, 0.25) is 0 Å². The number of aromatic nitrogens is 2. The summed E-state index contributed by atoms with van der Waals surface area (Å²) in [7, 11) is 1.91. The Bertz CT molecular complexity index is 398. The van der Waals surface area contributed by atoms with Gasteiger partial charge >= 0.3 is 6.09 Å². The van der Waals surface area contributed by atoms with E-state index in [2.05, 4.69) is 9.97 Å². The van der Waals surface area contributed by atoms with Gasteiger partial charge in [-0.25, -0.2) is 9.78 Å². The Hall–Kier alpha value is -1.46. The van der Waals surface area contributed by atoms with Crippen LogP contribution in [0.1, 0.15) is 39.9 Å². The fourth-order valence-corrected chi connectivity index (χ4v) is 1.56. The number of hydrogen-bond donors (Lipinski definition) is 1. The number of imidazole rings is 1. The van der Waals surface area contributed by atoms with Gasteiger partial charge in [-0.3, -0.25) is 0 Å². The first-order valence-electron chi connectivity index (χ1n) is 6.30. The number of H-pyrrole nitrogens is 1. The van der Waals surface area contributed by atoms with Gasteiger partial charge in [-0.15, -0.1) is 0 Å². The molecule has 0 radical (unpaired) electrons. The fourth-order valence-electron chi connectivity index (χ4n) is 1.56. The highest BCUT2D eigenvalue weighted by atomic mass is 16.6. The molecular formula is C12H22BN3O2. The normalized spacial score (nSPS) is 11.3. The van der Waals surface area contributed by atoms with Crippen molar-refractivity contribution < 1.29 is 9.53 Å². The van der Waals surface area contributed by atoms with Gasteiger partial charge in [0.2, 0.25) is 0 Å². The van der Waals surface area contributed by atoms with Gasteiger partial charge in [-0.05, 0) is 27.2 Å². The Morgan fingerprint density at radius 1 is 1.56 bits per heavy atom. The molecule has 0 saturated heterocycles. The Morgan fingerprint density at radius 3 is 2.67 bits per heavy atom. The molecule has 0 spiro atoms. The third-order valence-corrected chi connectivity index (χ3v) is 2.24. The molecule has 0 atom stereocenters. The van der Waals surface area contributed by atoms with Crippen molar-refractivity contribution in [1.29, 1.82) is 0 Å². The summed E-state index contributed by atoms with van der Waals surface area (Å²) in [6.07, 6.45) is 2.42. The highest BCUT2D eigenvalue weighted by molar-refractivity contribution is 6.30. The molecule has 0 aliphatic carbocycles.